The molecule has 1 saturated carbocycles. The first kappa shape index (κ1) is 12.9. The minimum Gasteiger partial charge on any atom is -0.496 e. The van der Waals surface area contributed by atoms with Crippen LogP contribution in [0.25, 0.3) is 0 Å². The number of carbonyl (C=O) groups is 1. The largest absolute Gasteiger partial charge is 0.496 e. The van der Waals surface area contributed by atoms with Crippen molar-refractivity contribution in [2.45, 2.75) is 38.3 Å². The van der Waals surface area contributed by atoms with Gasteiger partial charge in [0.25, 0.3) is 0 Å². The summed E-state index contributed by atoms with van der Waals surface area (Å²) in [4.78, 5) is 11.8. The standard InChI is InChI=1S/C14H19NO3/c1-9-3-4-10(5-13(9)18-2)6-14(17)15-11-7-12(16)8-11/h3-5,11-12,16H,6-8H2,1-2H3,(H,15,17). The van der Waals surface area contributed by atoms with Gasteiger partial charge in [-0.2, -0.15) is 0 Å². The predicted octanol–water partition coefficient (Wildman–Crippen LogP) is 1.19. The first-order chi connectivity index (χ1) is 8.58. The maximum absolute atomic E-state index is 11.8. The van der Waals surface area contributed by atoms with Crippen LogP contribution in [0.3, 0.4) is 0 Å². The van der Waals surface area contributed by atoms with Crippen LogP contribution in [0.4, 0.5) is 0 Å². The van der Waals surface area contributed by atoms with E-state index in [9.17, 15) is 4.79 Å². The Morgan fingerprint density at radius 1 is 1.50 bits per heavy atom. The molecule has 4 nitrogen and oxygen atoms in total. The Bertz CT molecular complexity index is 439. The zero-order chi connectivity index (χ0) is 13.1. The van der Waals surface area contributed by atoms with Crippen LogP contribution in [0.15, 0.2) is 18.2 Å². The summed E-state index contributed by atoms with van der Waals surface area (Å²) in [6.07, 6.45) is 1.45. The Morgan fingerprint density at radius 2 is 2.22 bits per heavy atom. The van der Waals surface area contributed by atoms with E-state index in [-0.39, 0.29) is 18.1 Å². The molecule has 0 radical (unpaired) electrons. The molecule has 0 atom stereocenters. The fraction of sp³-hybridized carbons (Fsp3) is 0.500. The van der Waals surface area contributed by atoms with Gasteiger partial charge in [-0.05, 0) is 37.0 Å². The number of rotatable bonds is 4. The summed E-state index contributed by atoms with van der Waals surface area (Å²) in [7, 11) is 1.63. The van der Waals surface area contributed by atoms with E-state index >= 15 is 0 Å². The van der Waals surface area contributed by atoms with Gasteiger partial charge in [-0.1, -0.05) is 12.1 Å². The number of hydrogen-bond acceptors (Lipinski definition) is 3. The third kappa shape index (κ3) is 3.01. The van der Waals surface area contributed by atoms with E-state index in [0.29, 0.717) is 19.3 Å². The second-order valence-corrected chi connectivity index (χ2v) is 4.87. The number of aliphatic hydroxyl groups is 1. The average Bonchev–Trinajstić information content (AvgIpc) is 2.29. The molecule has 0 bridgehead atoms. The Labute approximate surface area is 107 Å². The average molecular weight is 249 g/mol. The van der Waals surface area contributed by atoms with Crippen molar-refractivity contribution in [1.29, 1.82) is 0 Å². The number of benzene rings is 1. The molecule has 2 rings (SSSR count). The van der Waals surface area contributed by atoms with E-state index < -0.39 is 0 Å². The number of aryl methyl sites for hydroxylation is 1. The molecule has 2 N–H and O–H groups in total. The zero-order valence-corrected chi connectivity index (χ0v) is 10.8. The Kier molecular flexibility index (Phi) is 3.87. The van der Waals surface area contributed by atoms with E-state index in [2.05, 4.69) is 5.32 Å². The highest BCUT2D eigenvalue weighted by Gasteiger charge is 2.28. The lowest BCUT2D eigenvalue weighted by atomic mass is 9.89. The number of nitrogens with one attached hydrogen (secondary N) is 1. The number of methoxy groups -OCH3 is 1. The van der Waals surface area contributed by atoms with Crippen LogP contribution in [0.1, 0.15) is 24.0 Å². The number of aliphatic hydroxyl groups excluding tert-OH is 1. The predicted molar refractivity (Wildman–Crippen MR) is 68.6 cm³/mol. The van der Waals surface area contributed by atoms with E-state index in [1.54, 1.807) is 7.11 Å². The lowest BCUT2D eigenvalue weighted by molar-refractivity contribution is -0.122. The molecule has 1 aromatic rings. The van der Waals surface area contributed by atoms with Crippen molar-refractivity contribution in [2.75, 3.05) is 7.11 Å². The van der Waals surface area contributed by atoms with Crippen LogP contribution < -0.4 is 10.1 Å². The normalized spacial score (nSPS) is 22.2. The Morgan fingerprint density at radius 3 is 2.83 bits per heavy atom. The van der Waals surface area contributed by atoms with Gasteiger partial charge in [-0.3, -0.25) is 4.79 Å². The summed E-state index contributed by atoms with van der Waals surface area (Å²) < 4.78 is 5.23. The summed E-state index contributed by atoms with van der Waals surface area (Å²) >= 11 is 0. The van der Waals surface area contributed by atoms with Crippen LogP contribution in [-0.2, 0) is 11.2 Å². The number of amides is 1. The first-order valence-corrected chi connectivity index (χ1v) is 6.19. The maximum atomic E-state index is 11.8. The lowest BCUT2D eigenvalue weighted by Gasteiger charge is -2.31. The van der Waals surface area contributed by atoms with Crippen molar-refractivity contribution >= 4 is 5.91 Å². The molecule has 1 aliphatic carbocycles. The van der Waals surface area contributed by atoms with Crippen LogP contribution in [0, 0.1) is 6.92 Å². The van der Waals surface area contributed by atoms with Crippen molar-refractivity contribution in [3.63, 3.8) is 0 Å². The molecule has 0 saturated heterocycles. The van der Waals surface area contributed by atoms with Gasteiger partial charge in [0.05, 0.1) is 19.6 Å². The van der Waals surface area contributed by atoms with Gasteiger partial charge >= 0.3 is 0 Å². The van der Waals surface area contributed by atoms with Crippen molar-refractivity contribution < 1.29 is 14.6 Å². The molecule has 0 unspecified atom stereocenters. The minimum atomic E-state index is -0.241. The van der Waals surface area contributed by atoms with E-state index in [4.69, 9.17) is 9.84 Å². The highest BCUT2D eigenvalue weighted by Crippen LogP contribution is 2.21. The van der Waals surface area contributed by atoms with Crippen LogP contribution in [0.2, 0.25) is 0 Å². The second kappa shape index (κ2) is 5.40. The fourth-order valence-corrected chi connectivity index (χ4v) is 2.14. The SMILES string of the molecule is COc1cc(CC(=O)NC2CC(O)C2)ccc1C. The smallest absolute Gasteiger partial charge is 0.224 e. The summed E-state index contributed by atoms with van der Waals surface area (Å²) in [5.74, 6) is 0.803. The van der Waals surface area contributed by atoms with Gasteiger partial charge in [0, 0.05) is 6.04 Å². The Hall–Kier alpha value is -1.55. The van der Waals surface area contributed by atoms with Crippen molar-refractivity contribution in [3.8, 4) is 5.75 Å². The molecule has 4 heteroatoms. The molecular formula is C14H19NO3. The molecule has 0 spiro atoms. The molecule has 0 aromatic heterocycles. The van der Waals surface area contributed by atoms with Crippen LogP contribution in [-0.4, -0.2) is 30.3 Å². The quantitative estimate of drug-likeness (QED) is 0.842. The number of hydrogen-bond donors (Lipinski definition) is 2. The molecule has 1 amide bonds. The van der Waals surface area contributed by atoms with Crippen molar-refractivity contribution in [2.24, 2.45) is 0 Å². The van der Waals surface area contributed by atoms with Gasteiger partial charge in [0.1, 0.15) is 5.75 Å². The van der Waals surface area contributed by atoms with Crippen LogP contribution in [0.5, 0.6) is 5.75 Å². The zero-order valence-electron chi connectivity index (χ0n) is 10.8. The molecule has 18 heavy (non-hydrogen) atoms. The fourth-order valence-electron chi connectivity index (χ4n) is 2.14. The van der Waals surface area contributed by atoms with Crippen molar-refractivity contribution in [3.05, 3.63) is 29.3 Å². The lowest BCUT2D eigenvalue weighted by Crippen LogP contribution is -2.47. The van der Waals surface area contributed by atoms with Gasteiger partial charge in [0.15, 0.2) is 0 Å². The third-order valence-corrected chi connectivity index (χ3v) is 3.32. The van der Waals surface area contributed by atoms with Crippen LogP contribution >= 0.6 is 0 Å². The molecule has 0 heterocycles. The summed E-state index contributed by atoms with van der Waals surface area (Å²) in [5, 5.41) is 12.1. The molecular weight excluding hydrogens is 230 g/mol. The van der Waals surface area contributed by atoms with Gasteiger partial charge in [-0.15, -0.1) is 0 Å². The highest BCUT2D eigenvalue weighted by molar-refractivity contribution is 5.79. The van der Waals surface area contributed by atoms with Crippen molar-refractivity contribution in [1.82, 2.24) is 5.32 Å². The molecule has 1 fully saturated rings. The second-order valence-electron chi connectivity index (χ2n) is 4.87. The van der Waals surface area contributed by atoms with E-state index in [1.807, 2.05) is 25.1 Å². The van der Waals surface area contributed by atoms with E-state index in [1.165, 1.54) is 0 Å². The summed E-state index contributed by atoms with van der Waals surface area (Å²) in [6, 6.07) is 5.92. The summed E-state index contributed by atoms with van der Waals surface area (Å²) in [5.41, 5.74) is 2.00. The Balaban J connectivity index is 1.90. The minimum absolute atomic E-state index is 0.00203. The molecule has 1 aromatic carbocycles. The molecule has 0 aliphatic heterocycles. The summed E-state index contributed by atoms with van der Waals surface area (Å²) in [6.45, 7) is 1.97. The van der Waals surface area contributed by atoms with Gasteiger partial charge in [0.2, 0.25) is 5.91 Å². The first-order valence-electron chi connectivity index (χ1n) is 6.19. The molecule has 1 aliphatic rings. The topological polar surface area (TPSA) is 58.6 Å². The number of carbonyl (C=O) groups excluding carboxylic acids is 1. The third-order valence-electron chi connectivity index (χ3n) is 3.32. The highest BCUT2D eigenvalue weighted by atomic mass is 16.5. The van der Waals surface area contributed by atoms with Gasteiger partial charge in [-0.25, -0.2) is 0 Å². The van der Waals surface area contributed by atoms with E-state index in [0.717, 1.165) is 16.9 Å². The van der Waals surface area contributed by atoms with Gasteiger partial charge < -0.3 is 15.2 Å². The monoisotopic (exact) mass is 249 g/mol. The molecule has 98 valence electrons. The maximum Gasteiger partial charge on any atom is 0.224 e. The number of ether oxygens (including phenoxy) is 1.